The summed E-state index contributed by atoms with van der Waals surface area (Å²) in [7, 11) is 0. The summed E-state index contributed by atoms with van der Waals surface area (Å²) in [6.07, 6.45) is 2.22. The van der Waals surface area contributed by atoms with Crippen molar-refractivity contribution in [1.82, 2.24) is 9.80 Å². The highest BCUT2D eigenvalue weighted by Gasteiger charge is 2.37. The van der Waals surface area contributed by atoms with Crippen molar-refractivity contribution in [2.24, 2.45) is 11.8 Å². The molecule has 1 N–H and O–H groups in total. The van der Waals surface area contributed by atoms with E-state index in [4.69, 9.17) is 0 Å². The van der Waals surface area contributed by atoms with Gasteiger partial charge in [0.25, 0.3) is 0 Å². The molecule has 5 heteroatoms. The van der Waals surface area contributed by atoms with E-state index >= 15 is 0 Å². The van der Waals surface area contributed by atoms with Gasteiger partial charge in [-0.25, -0.2) is 0 Å². The van der Waals surface area contributed by atoms with E-state index in [1.165, 1.54) is 5.56 Å². The Labute approximate surface area is 143 Å². The number of aliphatic hydroxyl groups excluding tert-OH is 1. The number of carbonyl (C=O) groups excluding carboxylic acids is 2. The maximum Gasteiger partial charge on any atom is 0.228 e. The van der Waals surface area contributed by atoms with Crippen LogP contribution in [0.2, 0.25) is 0 Å². The fraction of sp³-hybridized carbons (Fsp3) is 0.579. The number of amides is 2. The van der Waals surface area contributed by atoms with Crippen LogP contribution >= 0.6 is 0 Å². The van der Waals surface area contributed by atoms with Crippen LogP contribution in [0.15, 0.2) is 24.3 Å². The smallest absolute Gasteiger partial charge is 0.228 e. The highest BCUT2D eigenvalue weighted by atomic mass is 16.3. The molecule has 2 heterocycles. The summed E-state index contributed by atoms with van der Waals surface area (Å²) in [5.74, 6) is 0.0846. The quantitative estimate of drug-likeness (QED) is 0.912. The lowest BCUT2D eigenvalue weighted by atomic mass is 9.97. The van der Waals surface area contributed by atoms with Gasteiger partial charge in [0.15, 0.2) is 0 Å². The zero-order valence-corrected chi connectivity index (χ0v) is 14.3. The van der Waals surface area contributed by atoms with Crippen LogP contribution in [0, 0.1) is 18.8 Å². The number of benzene rings is 1. The number of nitrogens with zero attached hydrogens (tertiary/aromatic N) is 2. The van der Waals surface area contributed by atoms with Gasteiger partial charge in [0.05, 0.1) is 5.92 Å². The van der Waals surface area contributed by atoms with Crippen LogP contribution in [0.3, 0.4) is 0 Å². The molecule has 2 atom stereocenters. The van der Waals surface area contributed by atoms with Crippen molar-refractivity contribution in [3.63, 3.8) is 0 Å². The molecule has 2 fully saturated rings. The molecule has 3 rings (SSSR count). The van der Waals surface area contributed by atoms with Crippen molar-refractivity contribution < 1.29 is 14.7 Å². The van der Waals surface area contributed by atoms with Crippen LogP contribution in [-0.2, 0) is 16.1 Å². The maximum absolute atomic E-state index is 12.7. The van der Waals surface area contributed by atoms with Crippen LogP contribution in [0.4, 0.5) is 0 Å². The van der Waals surface area contributed by atoms with Crippen molar-refractivity contribution in [3.8, 4) is 0 Å². The molecule has 0 aromatic heterocycles. The zero-order valence-electron chi connectivity index (χ0n) is 14.3. The first kappa shape index (κ1) is 17.0. The van der Waals surface area contributed by atoms with Gasteiger partial charge < -0.3 is 14.9 Å². The van der Waals surface area contributed by atoms with Crippen LogP contribution in [0.1, 0.15) is 30.4 Å². The Hall–Kier alpha value is -1.88. The molecule has 2 amide bonds. The van der Waals surface area contributed by atoms with Gasteiger partial charge in [0.1, 0.15) is 0 Å². The first-order valence-corrected chi connectivity index (χ1v) is 8.79. The van der Waals surface area contributed by atoms with E-state index in [1.54, 1.807) is 4.90 Å². The summed E-state index contributed by atoms with van der Waals surface area (Å²) in [6.45, 7) is 4.62. The van der Waals surface area contributed by atoms with Gasteiger partial charge in [0.2, 0.25) is 11.8 Å². The summed E-state index contributed by atoms with van der Waals surface area (Å²) < 4.78 is 0. The number of rotatable bonds is 4. The largest absolute Gasteiger partial charge is 0.396 e. The molecule has 0 spiro atoms. The van der Waals surface area contributed by atoms with E-state index in [0.717, 1.165) is 24.9 Å². The minimum Gasteiger partial charge on any atom is -0.396 e. The predicted molar refractivity (Wildman–Crippen MR) is 91.1 cm³/mol. The Bertz CT molecular complexity index is 599. The van der Waals surface area contributed by atoms with E-state index in [9.17, 15) is 14.7 Å². The lowest BCUT2D eigenvalue weighted by Gasteiger charge is -2.33. The second-order valence-electron chi connectivity index (χ2n) is 7.14. The molecule has 2 saturated heterocycles. The topological polar surface area (TPSA) is 60.9 Å². The lowest BCUT2D eigenvalue weighted by molar-refractivity contribution is -0.137. The van der Waals surface area contributed by atoms with Crippen LogP contribution in [-0.4, -0.2) is 53.0 Å². The number of aryl methyl sites for hydroxylation is 1. The molecular weight excluding hydrogens is 304 g/mol. The highest BCUT2D eigenvalue weighted by molar-refractivity contribution is 5.89. The highest BCUT2D eigenvalue weighted by Crippen LogP contribution is 2.25. The second-order valence-corrected chi connectivity index (χ2v) is 7.14. The molecule has 1 aromatic rings. The van der Waals surface area contributed by atoms with Gasteiger partial charge in [-0.3, -0.25) is 9.59 Å². The molecule has 0 radical (unpaired) electrons. The van der Waals surface area contributed by atoms with Crippen LogP contribution < -0.4 is 0 Å². The molecule has 2 aliphatic heterocycles. The zero-order chi connectivity index (χ0) is 17.1. The molecule has 0 saturated carbocycles. The van der Waals surface area contributed by atoms with Gasteiger partial charge in [-0.15, -0.1) is 0 Å². The Kier molecular flexibility index (Phi) is 5.19. The van der Waals surface area contributed by atoms with E-state index < -0.39 is 0 Å². The van der Waals surface area contributed by atoms with Crippen molar-refractivity contribution in [2.75, 3.05) is 26.2 Å². The summed E-state index contributed by atoms with van der Waals surface area (Å²) in [4.78, 5) is 28.6. The van der Waals surface area contributed by atoms with Crippen molar-refractivity contribution in [1.29, 1.82) is 0 Å². The van der Waals surface area contributed by atoms with Crippen molar-refractivity contribution >= 4 is 11.8 Å². The summed E-state index contributed by atoms with van der Waals surface area (Å²) in [5.41, 5.74) is 2.29. The molecule has 24 heavy (non-hydrogen) atoms. The van der Waals surface area contributed by atoms with Gasteiger partial charge >= 0.3 is 0 Å². The third kappa shape index (κ3) is 3.78. The number of likely N-dealkylation sites (tertiary alicyclic amines) is 2. The summed E-state index contributed by atoms with van der Waals surface area (Å²) in [6, 6.07) is 8.16. The van der Waals surface area contributed by atoms with E-state index in [-0.39, 0.29) is 30.3 Å². The number of carbonyl (C=O) groups is 2. The van der Waals surface area contributed by atoms with Crippen molar-refractivity contribution in [2.45, 2.75) is 32.7 Å². The second kappa shape index (κ2) is 7.34. The van der Waals surface area contributed by atoms with Crippen LogP contribution in [0.25, 0.3) is 0 Å². The van der Waals surface area contributed by atoms with Crippen LogP contribution in [0.5, 0.6) is 0 Å². The fourth-order valence-corrected chi connectivity index (χ4v) is 3.68. The van der Waals surface area contributed by atoms with E-state index in [0.29, 0.717) is 26.1 Å². The molecule has 0 aliphatic carbocycles. The summed E-state index contributed by atoms with van der Waals surface area (Å²) in [5, 5.41) is 9.32. The average molecular weight is 330 g/mol. The lowest BCUT2D eigenvalue weighted by Crippen LogP contribution is -2.44. The number of hydrogen-bond donors (Lipinski definition) is 1. The molecule has 130 valence electrons. The Morgan fingerprint density at radius 1 is 1.25 bits per heavy atom. The molecule has 2 aliphatic rings. The van der Waals surface area contributed by atoms with E-state index in [2.05, 4.69) is 0 Å². The third-order valence-electron chi connectivity index (χ3n) is 5.15. The predicted octanol–water partition coefficient (Wildman–Crippen LogP) is 1.57. The fourth-order valence-electron chi connectivity index (χ4n) is 3.68. The standard InChI is InChI=1S/C19H26N2O3/c1-14-4-6-15(7-5-14)10-21-12-17(9-18(21)23)19(24)20-8-2-3-16(11-20)13-22/h4-7,16-17,22H,2-3,8-13H2,1H3. The van der Waals surface area contributed by atoms with Gasteiger partial charge in [-0.05, 0) is 31.2 Å². The monoisotopic (exact) mass is 330 g/mol. The number of aliphatic hydroxyl groups is 1. The first-order chi connectivity index (χ1) is 11.6. The minimum absolute atomic E-state index is 0.0599. The molecule has 1 aromatic carbocycles. The average Bonchev–Trinajstić information content (AvgIpc) is 2.97. The minimum atomic E-state index is -0.236. The molecule has 5 nitrogen and oxygen atoms in total. The molecular formula is C19H26N2O3. The Morgan fingerprint density at radius 3 is 2.71 bits per heavy atom. The molecule has 2 unspecified atom stereocenters. The first-order valence-electron chi connectivity index (χ1n) is 8.79. The van der Waals surface area contributed by atoms with Gasteiger partial charge in [-0.2, -0.15) is 0 Å². The normalized spacial score (nSPS) is 24.5. The third-order valence-corrected chi connectivity index (χ3v) is 5.15. The summed E-state index contributed by atoms with van der Waals surface area (Å²) >= 11 is 0. The number of piperidine rings is 1. The van der Waals surface area contributed by atoms with Gasteiger partial charge in [0, 0.05) is 39.2 Å². The van der Waals surface area contributed by atoms with Crippen molar-refractivity contribution in [3.05, 3.63) is 35.4 Å². The SMILES string of the molecule is Cc1ccc(CN2CC(C(=O)N3CCCC(CO)C3)CC2=O)cc1. The number of hydrogen-bond acceptors (Lipinski definition) is 3. The van der Waals surface area contributed by atoms with E-state index in [1.807, 2.05) is 36.1 Å². The van der Waals surface area contributed by atoms with Gasteiger partial charge in [-0.1, -0.05) is 29.8 Å². The maximum atomic E-state index is 12.7. The Morgan fingerprint density at radius 2 is 2.00 bits per heavy atom. The molecule has 0 bridgehead atoms. The Balaban J connectivity index is 1.59.